The molecule has 24 heavy (non-hydrogen) atoms. The maximum absolute atomic E-state index is 12.2. The van der Waals surface area contributed by atoms with Gasteiger partial charge in [0.25, 0.3) is 0 Å². The standard InChI is InChI=1S/C19H31NO4/c1-12-7-14(17(24)15(8-12)18(3,4)5)13(2)9-16(23)20-19(6,10-21)11-22/h7-8,13,21-22,24H,9-11H2,1-6H3,(H,20,23). The number of aryl methyl sites for hydroxylation is 1. The van der Waals surface area contributed by atoms with Crippen molar-refractivity contribution >= 4 is 5.91 Å². The molecule has 1 rings (SSSR count). The molecule has 0 saturated heterocycles. The smallest absolute Gasteiger partial charge is 0.221 e. The third-order valence-corrected chi connectivity index (χ3v) is 4.25. The van der Waals surface area contributed by atoms with E-state index in [0.717, 1.165) is 16.7 Å². The second-order valence-corrected chi connectivity index (χ2v) is 8.03. The fourth-order valence-corrected chi connectivity index (χ4v) is 2.66. The monoisotopic (exact) mass is 337 g/mol. The van der Waals surface area contributed by atoms with Gasteiger partial charge in [0.1, 0.15) is 5.75 Å². The molecule has 5 heteroatoms. The van der Waals surface area contributed by atoms with Gasteiger partial charge < -0.3 is 20.6 Å². The number of benzene rings is 1. The third-order valence-electron chi connectivity index (χ3n) is 4.25. The van der Waals surface area contributed by atoms with Crippen LogP contribution in [-0.4, -0.2) is 40.0 Å². The largest absolute Gasteiger partial charge is 0.507 e. The average molecular weight is 337 g/mol. The van der Waals surface area contributed by atoms with Crippen LogP contribution in [0.25, 0.3) is 0 Å². The molecule has 0 bridgehead atoms. The topological polar surface area (TPSA) is 89.8 Å². The SMILES string of the molecule is Cc1cc(C(C)CC(=O)NC(C)(CO)CO)c(O)c(C(C)(C)C)c1. The van der Waals surface area contributed by atoms with Crippen molar-refractivity contribution in [3.63, 3.8) is 0 Å². The molecule has 0 radical (unpaired) electrons. The van der Waals surface area contributed by atoms with E-state index in [9.17, 15) is 20.1 Å². The lowest BCUT2D eigenvalue weighted by atomic mass is 9.82. The molecular formula is C19H31NO4. The van der Waals surface area contributed by atoms with Gasteiger partial charge in [-0.2, -0.15) is 0 Å². The minimum absolute atomic E-state index is 0.163. The van der Waals surface area contributed by atoms with Crippen LogP contribution in [0.15, 0.2) is 12.1 Å². The molecule has 1 amide bonds. The van der Waals surface area contributed by atoms with E-state index in [1.807, 2.05) is 46.8 Å². The predicted octanol–water partition coefficient (Wildman–Crippen LogP) is 2.35. The molecule has 0 fully saturated rings. The first-order chi connectivity index (χ1) is 10.9. The Labute approximate surface area is 144 Å². The Kier molecular flexibility index (Phi) is 6.42. The molecule has 0 aliphatic rings. The molecule has 1 aromatic carbocycles. The van der Waals surface area contributed by atoms with Crippen LogP contribution in [0.1, 0.15) is 63.6 Å². The van der Waals surface area contributed by atoms with Crippen molar-refractivity contribution in [2.75, 3.05) is 13.2 Å². The summed E-state index contributed by atoms with van der Waals surface area (Å²) in [5.74, 6) is -0.223. The number of nitrogens with one attached hydrogen (secondary N) is 1. The Bertz CT molecular complexity index is 586. The van der Waals surface area contributed by atoms with E-state index < -0.39 is 5.54 Å². The summed E-state index contributed by atoms with van der Waals surface area (Å²) in [6, 6.07) is 3.88. The molecule has 1 unspecified atom stereocenters. The lowest BCUT2D eigenvalue weighted by molar-refractivity contribution is -0.124. The number of phenols is 1. The molecular weight excluding hydrogens is 306 g/mol. The zero-order valence-electron chi connectivity index (χ0n) is 15.6. The number of phenolic OH excluding ortho intramolecular Hbond substituents is 1. The summed E-state index contributed by atoms with van der Waals surface area (Å²) in [5, 5.41) is 31.9. The maximum atomic E-state index is 12.2. The Morgan fingerprint density at radius 3 is 2.17 bits per heavy atom. The van der Waals surface area contributed by atoms with Gasteiger partial charge in [-0.05, 0) is 36.3 Å². The molecule has 0 spiro atoms. The average Bonchev–Trinajstić information content (AvgIpc) is 2.47. The van der Waals surface area contributed by atoms with Gasteiger partial charge in [-0.25, -0.2) is 0 Å². The van der Waals surface area contributed by atoms with Crippen LogP contribution >= 0.6 is 0 Å². The summed E-state index contributed by atoms with van der Waals surface area (Å²) in [6.45, 7) is 10.9. The van der Waals surface area contributed by atoms with Gasteiger partial charge in [-0.15, -0.1) is 0 Å². The van der Waals surface area contributed by atoms with E-state index in [-0.39, 0.29) is 42.6 Å². The molecule has 136 valence electrons. The minimum atomic E-state index is -1.04. The van der Waals surface area contributed by atoms with Crippen molar-refractivity contribution in [3.8, 4) is 5.75 Å². The van der Waals surface area contributed by atoms with Crippen LogP contribution < -0.4 is 5.32 Å². The number of aliphatic hydroxyl groups is 2. The summed E-state index contributed by atoms with van der Waals surface area (Å²) >= 11 is 0. The highest BCUT2D eigenvalue weighted by Gasteiger charge is 2.27. The minimum Gasteiger partial charge on any atom is -0.507 e. The third kappa shape index (κ3) is 4.95. The maximum Gasteiger partial charge on any atom is 0.221 e. The first-order valence-electron chi connectivity index (χ1n) is 8.30. The van der Waals surface area contributed by atoms with Crippen molar-refractivity contribution in [1.29, 1.82) is 0 Å². The summed E-state index contributed by atoms with van der Waals surface area (Å²) in [4.78, 5) is 12.2. The van der Waals surface area contributed by atoms with Crippen molar-refractivity contribution in [2.24, 2.45) is 0 Å². The van der Waals surface area contributed by atoms with E-state index in [0.29, 0.717) is 0 Å². The van der Waals surface area contributed by atoms with Gasteiger partial charge in [0.15, 0.2) is 0 Å². The highest BCUT2D eigenvalue weighted by atomic mass is 16.3. The number of rotatable bonds is 6. The fourth-order valence-electron chi connectivity index (χ4n) is 2.66. The second-order valence-electron chi connectivity index (χ2n) is 8.03. The first kappa shape index (κ1) is 20.5. The first-order valence-corrected chi connectivity index (χ1v) is 8.30. The predicted molar refractivity (Wildman–Crippen MR) is 95.3 cm³/mol. The van der Waals surface area contributed by atoms with Crippen LogP contribution in [0.5, 0.6) is 5.75 Å². The van der Waals surface area contributed by atoms with Gasteiger partial charge in [0.2, 0.25) is 5.91 Å². The van der Waals surface area contributed by atoms with E-state index >= 15 is 0 Å². The Hall–Kier alpha value is -1.59. The van der Waals surface area contributed by atoms with Gasteiger partial charge in [-0.3, -0.25) is 4.79 Å². The molecule has 0 heterocycles. The number of aliphatic hydroxyl groups excluding tert-OH is 2. The van der Waals surface area contributed by atoms with Crippen LogP contribution in [0.2, 0.25) is 0 Å². The summed E-state index contributed by atoms with van der Waals surface area (Å²) < 4.78 is 0. The zero-order valence-corrected chi connectivity index (χ0v) is 15.6. The molecule has 1 aromatic rings. The highest BCUT2D eigenvalue weighted by molar-refractivity contribution is 5.78. The van der Waals surface area contributed by atoms with Crippen molar-refractivity contribution in [1.82, 2.24) is 5.32 Å². The van der Waals surface area contributed by atoms with Crippen molar-refractivity contribution < 1.29 is 20.1 Å². The number of aromatic hydroxyl groups is 1. The lowest BCUT2D eigenvalue weighted by Crippen LogP contribution is -2.51. The molecule has 1 atom stereocenters. The Balaban J connectivity index is 3.02. The Morgan fingerprint density at radius 1 is 1.17 bits per heavy atom. The molecule has 5 nitrogen and oxygen atoms in total. The van der Waals surface area contributed by atoms with Gasteiger partial charge >= 0.3 is 0 Å². The quantitative estimate of drug-likeness (QED) is 0.641. The normalized spacial score (nSPS) is 13.7. The van der Waals surface area contributed by atoms with E-state index in [2.05, 4.69) is 5.32 Å². The van der Waals surface area contributed by atoms with E-state index in [1.54, 1.807) is 6.92 Å². The van der Waals surface area contributed by atoms with Gasteiger partial charge in [0, 0.05) is 6.42 Å². The number of carbonyl (C=O) groups is 1. The van der Waals surface area contributed by atoms with Crippen LogP contribution in [0, 0.1) is 6.92 Å². The second kappa shape index (κ2) is 7.53. The number of amides is 1. The van der Waals surface area contributed by atoms with Gasteiger partial charge in [0.05, 0.1) is 18.8 Å². The summed E-state index contributed by atoms with van der Waals surface area (Å²) in [6.07, 6.45) is 0.163. The molecule has 0 saturated carbocycles. The Morgan fingerprint density at radius 2 is 1.71 bits per heavy atom. The van der Waals surface area contributed by atoms with Crippen molar-refractivity contribution in [3.05, 3.63) is 28.8 Å². The number of carbonyl (C=O) groups excluding carboxylic acids is 1. The zero-order chi connectivity index (χ0) is 18.7. The summed E-state index contributed by atoms with van der Waals surface area (Å²) in [5.41, 5.74) is 1.40. The van der Waals surface area contributed by atoms with Crippen LogP contribution in [-0.2, 0) is 10.2 Å². The van der Waals surface area contributed by atoms with E-state index in [1.165, 1.54) is 0 Å². The van der Waals surface area contributed by atoms with Crippen LogP contribution in [0.3, 0.4) is 0 Å². The van der Waals surface area contributed by atoms with E-state index in [4.69, 9.17) is 0 Å². The van der Waals surface area contributed by atoms with Crippen molar-refractivity contribution in [2.45, 2.75) is 64.8 Å². The van der Waals surface area contributed by atoms with Gasteiger partial charge in [-0.1, -0.05) is 45.4 Å². The summed E-state index contributed by atoms with van der Waals surface area (Å²) in [7, 11) is 0. The number of hydrogen-bond donors (Lipinski definition) is 4. The fraction of sp³-hybridized carbons (Fsp3) is 0.632. The molecule has 0 aliphatic heterocycles. The highest BCUT2D eigenvalue weighted by Crippen LogP contribution is 2.38. The molecule has 4 N–H and O–H groups in total. The lowest BCUT2D eigenvalue weighted by Gasteiger charge is -2.28. The number of hydrogen-bond acceptors (Lipinski definition) is 4. The molecule has 0 aromatic heterocycles. The van der Waals surface area contributed by atoms with Crippen LogP contribution in [0.4, 0.5) is 0 Å². The molecule has 0 aliphatic carbocycles.